The normalized spacial score (nSPS) is 11.4. The van der Waals surface area contributed by atoms with Crippen LogP contribution in [0.5, 0.6) is 0 Å². The molecule has 0 aliphatic rings. The van der Waals surface area contributed by atoms with Crippen LogP contribution >= 0.6 is 0 Å². The van der Waals surface area contributed by atoms with Crippen molar-refractivity contribution in [2.24, 2.45) is 0 Å². The van der Waals surface area contributed by atoms with Gasteiger partial charge < -0.3 is 9.13 Å². The van der Waals surface area contributed by atoms with E-state index in [9.17, 15) is 0 Å². The fraction of sp³-hybridized carbons (Fsp3) is 0. The maximum absolute atomic E-state index is 7.80. The Hall–Kier alpha value is -8.71. The standard InChI is InChI=1S/C61H39N3/c1-62-49-24-13-23-48(36-49)52-27-15-29-59-61(52)55-39-46(32-35-58(55)63(59)50-25-14-22-44(37-50)41-16-5-2-6-17-41)45-31-34-57-54(38-45)53-26-11-12-28-56(53)64(57)60-40-47(42-18-7-3-8-19-42)30-33-51(60)43-20-9-4-10-21-43/h2-40H. The van der Waals surface area contributed by atoms with E-state index < -0.39 is 0 Å². The first-order chi connectivity index (χ1) is 31.7. The second-order valence-electron chi connectivity index (χ2n) is 16.4. The summed E-state index contributed by atoms with van der Waals surface area (Å²) in [4.78, 5) is 3.79. The lowest BCUT2D eigenvalue weighted by Crippen LogP contribution is -1.98. The first kappa shape index (κ1) is 37.1. The highest BCUT2D eigenvalue weighted by Gasteiger charge is 2.20. The SMILES string of the molecule is [C-]#[N+]c1cccc(-c2cccc3c2c2cc(-c4ccc5c(c4)c4ccccc4n5-c4cc(-c5ccccc5)ccc4-c4ccccc4)ccc2n3-c2cccc(-c3ccccc3)c2)c1. The Balaban J connectivity index is 1.08. The van der Waals surface area contributed by atoms with Crippen molar-refractivity contribution in [1.82, 2.24) is 9.13 Å². The average molecular weight is 814 g/mol. The van der Waals surface area contributed by atoms with Gasteiger partial charge in [0.15, 0.2) is 5.69 Å². The molecule has 0 radical (unpaired) electrons. The minimum atomic E-state index is 0.629. The summed E-state index contributed by atoms with van der Waals surface area (Å²) in [6.07, 6.45) is 0. The molecule has 0 aliphatic carbocycles. The third-order valence-electron chi connectivity index (χ3n) is 12.7. The molecular weight excluding hydrogens is 775 g/mol. The third-order valence-corrected chi connectivity index (χ3v) is 12.7. The first-order valence-electron chi connectivity index (χ1n) is 21.7. The lowest BCUT2D eigenvalue weighted by molar-refractivity contribution is 1.18. The van der Waals surface area contributed by atoms with Crippen LogP contribution in [0.15, 0.2) is 237 Å². The van der Waals surface area contributed by atoms with Crippen LogP contribution in [0.3, 0.4) is 0 Å². The molecule has 0 spiro atoms. The summed E-state index contributed by atoms with van der Waals surface area (Å²) in [7, 11) is 0. The molecule has 0 unspecified atom stereocenters. The van der Waals surface area contributed by atoms with E-state index in [0.29, 0.717) is 5.69 Å². The van der Waals surface area contributed by atoms with E-state index in [2.05, 4.69) is 232 Å². The van der Waals surface area contributed by atoms with Crippen LogP contribution in [-0.2, 0) is 0 Å². The molecule has 2 aromatic heterocycles. The Morgan fingerprint density at radius 2 is 0.828 bits per heavy atom. The Labute approximate surface area is 371 Å². The van der Waals surface area contributed by atoms with Gasteiger partial charge in [0.05, 0.1) is 34.3 Å². The molecule has 0 amide bonds. The van der Waals surface area contributed by atoms with Gasteiger partial charge in [0, 0.05) is 32.8 Å². The van der Waals surface area contributed by atoms with Gasteiger partial charge in [-0.15, -0.1) is 0 Å². The molecule has 0 bridgehead atoms. The topological polar surface area (TPSA) is 14.2 Å². The maximum atomic E-state index is 7.80. The fourth-order valence-electron chi connectivity index (χ4n) is 9.77. The zero-order valence-corrected chi connectivity index (χ0v) is 34.9. The van der Waals surface area contributed by atoms with Crippen LogP contribution in [-0.4, -0.2) is 9.13 Å². The summed E-state index contributed by atoms with van der Waals surface area (Å²) in [5.74, 6) is 0. The van der Waals surface area contributed by atoms with E-state index in [0.717, 1.165) is 61.0 Å². The Bertz CT molecular complexity index is 3780. The van der Waals surface area contributed by atoms with E-state index in [1.165, 1.54) is 49.7 Å². The van der Waals surface area contributed by atoms with Crippen LogP contribution in [0, 0.1) is 6.57 Å². The van der Waals surface area contributed by atoms with Gasteiger partial charge in [-0.1, -0.05) is 176 Å². The number of hydrogen-bond donors (Lipinski definition) is 0. The van der Waals surface area contributed by atoms with Crippen molar-refractivity contribution in [1.29, 1.82) is 0 Å². The van der Waals surface area contributed by atoms with Gasteiger partial charge in [-0.2, -0.15) is 0 Å². The van der Waals surface area contributed by atoms with Crippen LogP contribution in [0.25, 0.3) is 115 Å². The van der Waals surface area contributed by atoms with E-state index in [4.69, 9.17) is 6.57 Å². The smallest absolute Gasteiger partial charge is 0.187 e. The van der Waals surface area contributed by atoms with Gasteiger partial charge in [0.1, 0.15) is 0 Å². The maximum Gasteiger partial charge on any atom is 0.187 e. The van der Waals surface area contributed by atoms with Gasteiger partial charge in [-0.3, -0.25) is 0 Å². The molecule has 0 fully saturated rings. The van der Waals surface area contributed by atoms with E-state index in [-0.39, 0.29) is 0 Å². The number of fused-ring (bicyclic) bond motifs is 6. The summed E-state index contributed by atoms with van der Waals surface area (Å²) < 4.78 is 4.85. The fourth-order valence-corrected chi connectivity index (χ4v) is 9.77. The largest absolute Gasteiger partial charge is 0.309 e. The summed E-state index contributed by atoms with van der Waals surface area (Å²) in [6, 6.07) is 84.9. The number of para-hydroxylation sites is 1. The molecular formula is C61H39N3. The average Bonchev–Trinajstić information content (AvgIpc) is 3.89. The molecule has 0 aliphatic heterocycles. The lowest BCUT2D eigenvalue weighted by atomic mass is 9.96. The zero-order chi connectivity index (χ0) is 42.6. The van der Waals surface area contributed by atoms with Crippen molar-refractivity contribution in [2.75, 3.05) is 0 Å². The first-order valence-corrected chi connectivity index (χ1v) is 21.7. The summed E-state index contributed by atoms with van der Waals surface area (Å²) in [5, 5.41) is 4.74. The van der Waals surface area contributed by atoms with Gasteiger partial charge in [0.25, 0.3) is 0 Å². The van der Waals surface area contributed by atoms with E-state index in [1.54, 1.807) is 0 Å². The monoisotopic (exact) mass is 813 g/mol. The molecule has 12 aromatic rings. The van der Waals surface area contributed by atoms with Crippen molar-refractivity contribution >= 4 is 49.3 Å². The van der Waals surface area contributed by atoms with Gasteiger partial charge in [-0.05, 0) is 111 Å². The molecule has 0 atom stereocenters. The molecule has 2 heterocycles. The summed E-state index contributed by atoms with van der Waals surface area (Å²) in [6.45, 7) is 7.80. The van der Waals surface area contributed by atoms with Gasteiger partial charge in [-0.25, -0.2) is 4.85 Å². The Morgan fingerprint density at radius 1 is 0.297 bits per heavy atom. The minimum Gasteiger partial charge on any atom is -0.309 e. The van der Waals surface area contributed by atoms with Crippen molar-refractivity contribution in [3.8, 4) is 67.0 Å². The predicted molar refractivity (Wildman–Crippen MR) is 269 cm³/mol. The Morgan fingerprint density at radius 3 is 1.56 bits per heavy atom. The molecule has 3 nitrogen and oxygen atoms in total. The van der Waals surface area contributed by atoms with Crippen LogP contribution in [0.1, 0.15) is 0 Å². The molecule has 0 saturated carbocycles. The third kappa shape index (κ3) is 6.20. The number of hydrogen-bond acceptors (Lipinski definition) is 0. The molecule has 12 rings (SSSR count). The molecule has 298 valence electrons. The van der Waals surface area contributed by atoms with Crippen molar-refractivity contribution in [2.45, 2.75) is 0 Å². The van der Waals surface area contributed by atoms with E-state index in [1.807, 2.05) is 18.2 Å². The zero-order valence-electron chi connectivity index (χ0n) is 34.9. The Kier molecular flexibility index (Phi) is 8.88. The second-order valence-corrected chi connectivity index (χ2v) is 16.4. The lowest BCUT2D eigenvalue weighted by Gasteiger charge is -2.16. The summed E-state index contributed by atoms with van der Waals surface area (Å²) in [5.41, 5.74) is 18.9. The molecule has 64 heavy (non-hydrogen) atoms. The number of aromatic nitrogens is 2. The van der Waals surface area contributed by atoms with Crippen LogP contribution < -0.4 is 0 Å². The van der Waals surface area contributed by atoms with Crippen LogP contribution in [0.4, 0.5) is 5.69 Å². The van der Waals surface area contributed by atoms with Gasteiger partial charge in [0.2, 0.25) is 0 Å². The second kappa shape index (κ2) is 15.3. The van der Waals surface area contributed by atoms with Crippen molar-refractivity contribution in [3.63, 3.8) is 0 Å². The minimum absolute atomic E-state index is 0.629. The number of nitrogens with zero attached hydrogens (tertiary/aromatic N) is 3. The quantitative estimate of drug-likeness (QED) is 0.142. The highest BCUT2D eigenvalue weighted by Crippen LogP contribution is 2.43. The number of benzene rings is 10. The summed E-state index contributed by atoms with van der Waals surface area (Å²) >= 11 is 0. The van der Waals surface area contributed by atoms with Crippen LogP contribution in [0.2, 0.25) is 0 Å². The van der Waals surface area contributed by atoms with Crippen molar-refractivity contribution < 1.29 is 0 Å². The highest BCUT2D eigenvalue weighted by molar-refractivity contribution is 6.17. The number of rotatable bonds is 7. The molecule has 10 aromatic carbocycles. The van der Waals surface area contributed by atoms with Gasteiger partial charge >= 0.3 is 0 Å². The van der Waals surface area contributed by atoms with Crippen molar-refractivity contribution in [3.05, 3.63) is 248 Å². The van der Waals surface area contributed by atoms with E-state index >= 15 is 0 Å². The molecule has 0 saturated heterocycles. The molecule has 0 N–H and O–H groups in total. The predicted octanol–water partition coefficient (Wildman–Crippen LogP) is 16.8. The molecule has 3 heteroatoms. The highest BCUT2D eigenvalue weighted by atomic mass is 15.0.